The molecule has 0 unspecified atom stereocenters. The number of methoxy groups -OCH3 is 1. The quantitative estimate of drug-likeness (QED) is 0.658. The van der Waals surface area contributed by atoms with Gasteiger partial charge in [0.2, 0.25) is 0 Å². The lowest BCUT2D eigenvalue weighted by molar-refractivity contribution is -0.142. The maximum atomic E-state index is 11.0. The Labute approximate surface area is 96.4 Å². The second-order valence-electron chi connectivity index (χ2n) is 2.42. The SMILES string of the molecule is COC(=O)[C@H](N)c1ccc(Br)nc1.Cl. The Morgan fingerprint density at radius 1 is 1.64 bits per heavy atom. The minimum Gasteiger partial charge on any atom is -0.468 e. The van der Waals surface area contributed by atoms with Crippen molar-refractivity contribution in [2.24, 2.45) is 5.73 Å². The number of ether oxygens (including phenoxy) is 1. The van der Waals surface area contributed by atoms with E-state index < -0.39 is 12.0 Å². The zero-order valence-corrected chi connectivity index (χ0v) is 9.84. The molecule has 1 atom stereocenters. The van der Waals surface area contributed by atoms with Crippen LogP contribution in [0.2, 0.25) is 0 Å². The molecule has 0 saturated carbocycles. The van der Waals surface area contributed by atoms with Crippen molar-refractivity contribution in [3.05, 3.63) is 28.5 Å². The number of hydrogen-bond acceptors (Lipinski definition) is 4. The van der Waals surface area contributed by atoms with Crippen molar-refractivity contribution in [1.29, 1.82) is 0 Å². The lowest BCUT2D eigenvalue weighted by atomic mass is 10.1. The van der Waals surface area contributed by atoms with Crippen LogP contribution in [0.3, 0.4) is 0 Å². The number of rotatable bonds is 2. The van der Waals surface area contributed by atoms with Crippen molar-refractivity contribution in [1.82, 2.24) is 4.98 Å². The van der Waals surface area contributed by atoms with Gasteiger partial charge in [0.05, 0.1) is 7.11 Å². The Balaban J connectivity index is 0.00000169. The summed E-state index contributed by atoms with van der Waals surface area (Å²) in [6.45, 7) is 0. The van der Waals surface area contributed by atoms with Gasteiger partial charge in [0, 0.05) is 6.20 Å². The van der Waals surface area contributed by atoms with Gasteiger partial charge in [-0.15, -0.1) is 12.4 Å². The summed E-state index contributed by atoms with van der Waals surface area (Å²) in [7, 11) is 1.30. The predicted octanol–water partition coefficient (Wildman–Crippen LogP) is 1.44. The average Bonchev–Trinajstić information content (AvgIpc) is 2.17. The molecule has 0 aliphatic rings. The molecular formula is C8H10BrClN2O2. The van der Waals surface area contributed by atoms with Crippen molar-refractivity contribution in [2.45, 2.75) is 6.04 Å². The minimum atomic E-state index is -0.759. The largest absolute Gasteiger partial charge is 0.468 e. The summed E-state index contributed by atoms with van der Waals surface area (Å²) in [6, 6.07) is 2.68. The number of pyridine rings is 1. The number of halogens is 2. The Kier molecular flexibility index (Phi) is 5.68. The molecule has 1 heterocycles. The van der Waals surface area contributed by atoms with Gasteiger partial charge in [-0.3, -0.25) is 4.79 Å². The van der Waals surface area contributed by atoms with Crippen LogP contribution in [-0.4, -0.2) is 18.1 Å². The van der Waals surface area contributed by atoms with E-state index in [1.165, 1.54) is 13.3 Å². The number of nitrogens with zero attached hydrogens (tertiary/aromatic N) is 1. The van der Waals surface area contributed by atoms with Gasteiger partial charge >= 0.3 is 5.97 Å². The van der Waals surface area contributed by atoms with Crippen LogP contribution in [0.1, 0.15) is 11.6 Å². The van der Waals surface area contributed by atoms with Gasteiger partial charge < -0.3 is 10.5 Å². The highest BCUT2D eigenvalue weighted by Crippen LogP contribution is 2.13. The van der Waals surface area contributed by atoms with E-state index in [1.807, 2.05) is 0 Å². The maximum absolute atomic E-state index is 11.0. The third-order valence-corrected chi connectivity index (χ3v) is 2.03. The molecule has 14 heavy (non-hydrogen) atoms. The summed E-state index contributed by atoms with van der Waals surface area (Å²) >= 11 is 3.18. The smallest absolute Gasteiger partial charge is 0.327 e. The highest BCUT2D eigenvalue weighted by atomic mass is 79.9. The summed E-state index contributed by atoms with van der Waals surface area (Å²) in [6.07, 6.45) is 1.53. The zero-order valence-electron chi connectivity index (χ0n) is 7.44. The van der Waals surface area contributed by atoms with Crippen molar-refractivity contribution >= 4 is 34.3 Å². The van der Waals surface area contributed by atoms with E-state index in [9.17, 15) is 4.79 Å². The topological polar surface area (TPSA) is 65.2 Å². The molecule has 0 aliphatic heterocycles. The third-order valence-electron chi connectivity index (χ3n) is 1.56. The summed E-state index contributed by atoms with van der Waals surface area (Å²) < 4.78 is 5.20. The van der Waals surface area contributed by atoms with Gasteiger partial charge in [0.25, 0.3) is 0 Å². The highest BCUT2D eigenvalue weighted by molar-refractivity contribution is 9.10. The summed E-state index contributed by atoms with van der Waals surface area (Å²) in [5.74, 6) is -0.468. The predicted molar refractivity (Wildman–Crippen MR) is 58.1 cm³/mol. The number of esters is 1. The van der Waals surface area contributed by atoms with Crippen molar-refractivity contribution in [3.63, 3.8) is 0 Å². The zero-order chi connectivity index (χ0) is 9.84. The Morgan fingerprint density at radius 2 is 2.29 bits per heavy atom. The fraction of sp³-hybridized carbons (Fsp3) is 0.250. The first-order chi connectivity index (χ1) is 6.15. The summed E-state index contributed by atoms with van der Waals surface area (Å²) in [5.41, 5.74) is 6.20. The van der Waals surface area contributed by atoms with Gasteiger partial charge in [-0.2, -0.15) is 0 Å². The van der Waals surface area contributed by atoms with Crippen LogP contribution in [0.25, 0.3) is 0 Å². The molecule has 4 nitrogen and oxygen atoms in total. The van der Waals surface area contributed by atoms with Crippen molar-refractivity contribution in [2.75, 3.05) is 7.11 Å². The lowest BCUT2D eigenvalue weighted by Gasteiger charge is -2.08. The molecule has 0 radical (unpaired) electrons. The molecule has 1 aromatic rings. The van der Waals surface area contributed by atoms with Gasteiger partial charge in [-0.25, -0.2) is 4.98 Å². The molecule has 78 valence electrons. The van der Waals surface area contributed by atoms with Gasteiger partial charge in [0.1, 0.15) is 10.6 Å². The molecule has 0 amide bonds. The standard InChI is InChI=1S/C8H9BrN2O2.ClH/c1-13-8(12)7(10)5-2-3-6(9)11-4-5;/h2-4,7H,10H2,1H3;1H/t7-;/m1./s1. The molecule has 0 fully saturated rings. The first kappa shape index (κ1) is 13.4. The normalized spacial score (nSPS) is 11.4. The van der Waals surface area contributed by atoms with Gasteiger partial charge in [-0.1, -0.05) is 6.07 Å². The maximum Gasteiger partial charge on any atom is 0.327 e. The van der Waals surface area contributed by atoms with Gasteiger partial charge in [0.15, 0.2) is 0 Å². The fourth-order valence-electron chi connectivity index (χ4n) is 0.834. The number of hydrogen-bond donors (Lipinski definition) is 1. The summed E-state index contributed by atoms with van der Waals surface area (Å²) in [5, 5.41) is 0. The van der Waals surface area contributed by atoms with E-state index in [4.69, 9.17) is 5.73 Å². The van der Waals surface area contributed by atoms with E-state index >= 15 is 0 Å². The van der Waals surface area contributed by atoms with Crippen LogP contribution in [-0.2, 0) is 9.53 Å². The number of carbonyl (C=O) groups is 1. The Hall–Kier alpha value is -0.650. The van der Waals surface area contributed by atoms with E-state index in [0.29, 0.717) is 10.2 Å². The first-order valence-corrected chi connectivity index (χ1v) is 4.39. The van der Waals surface area contributed by atoms with E-state index in [-0.39, 0.29) is 12.4 Å². The molecule has 0 saturated heterocycles. The molecule has 1 aromatic heterocycles. The van der Waals surface area contributed by atoms with Crippen LogP contribution in [0, 0.1) is 0 Å². The van der Waals surface area contributed by atoms with E-state index in [0.717, 1.165) is 0 Å². The molecule has 6 heteroatoms. The van der Waals surface area contributed by atoms with Crippen LogP contribution < -0.4 is 5.73 Å². The molecule has 2 N–H and O–H groups in total. The summed E-state index contributed by atoms with van der Waals surface area (Å²) in [4.78, 5) is 15.0. The molecular weight excluding hydrogens is 271 g/mol. The monoisotopic (exact) mass is 280 g/mol. The van der Waals surface area contributed by atoms with Crippen LogP contribution in [0.4, 0.5) is 0 Å². The third kappa shape index (κ3) is 3.25. The van der Waals surface area contributed by atoms with Crippen molar-refractivity contribution in [3.8, 4) is 0 Å². The first-order valence-electron chi connectivity index (χ1n) is 3.60. The Morgan fingerprint density at radius 3 is 2.71 bits per heavy atom. The molecule has 0 aromatic carbocycles. The van der Waals surface area contributed by atoms with Crippen LogP contribution in [0.15, 0.2) is 22.9 Å². The number of aromatic nitrogens is 1. The number of carbonyl (C=O) groups excluding carboxylic acids is 1. The molecule has 1 rings (SSSR count). The Bertz CT molecular complexity index is 305. The second-order valence-corrected chi connectivity index (χ2v) is 3.23. The van der Waals surface area contributed by atoms with Crippen LogP contribution >= 0.6 is 28.3 Å². The fourth-order valence-corrected chi connectivity index (χ4v) is 1.07. The van der Waals surface area contributed by atoms with Crippen LogP contribution in [0.5, 0.6) is 0 Å². The highest BCUT2D eigenvalue weighted by Gasteiger charge is 2.15. The van der Waals surface area contributed by atoms with Gasteiger partial charge in [-0.05, 0) is 27.6 Å². The van der Waals surface area contributed by atoms with Crippen molar-refractivity contribution < 1.29 is 9.53 Å². The average molecular weight is 282 g/mol. The number of nitrogens with two attached hydrogens (primary N) is 1. The van der Waals surface area contributed by atoms with E-state index in [2.05, 4.69) is 25.7 Å². The lowest BCUT2D eigenvalue weighted by Crippen LogP contribution is -2.22. The molecule has 0 bridgehead atoms. The minimum absolute atomic E-state index is 0. The molecule has 0 aliphatic carbocycles. The molecule has 0 spiro atoms. The second kappa shape index (κ2) is 5.95. The van der Waals surface area contributed by atoms with E-state index in [1.54, 1.807) is 12.1 Å².